The normalized spacial score (nSPS) is 10.2. The van der Waals surface area contributed by atoms with E-state index in [2.05, 4.69) is 32.9 Å². The zero-order chi connectivity index (χ0) is 10.6. The molecule has 1 rings (SSSR count). The maximum atomic E-state index is 10.3. The molecule has 0 heterocycles. The van der Waals surface area contributed by atoms with Gasteiger partial charge in [0.25, 0.3) is 0 Å². The quantitative estimate of drug-likeness (QED) is 0.667. The Morgan fingerprint density at radius 2 is 2.00 bits per heavy atom. The minimum absolute atomic E-state index is 0.632. The molecule has 1 heteroatoms. The van der Waals surface area contributed by atoms with Gasteiger partial charge in [0.15, 0.2) is 0 Å². The van der Waals surface area contributed by atoms with Gasteiger partial charge in [0.2, 0.25) is 0 Å². The standard InChI is InChI=1S/C13H18O/c1-4-12-8-10(2)11(3)13(9-12)6-5-7-14/h7-9H,4-6H2,1-3H3. The van der Waals surface area contributed by atoms with Gasteiger partial charge in [0, 0.05) is 6.42 Å². The van der Waals surface area contributed by atoms with Crippen LogP contribution in [0.3, 0.4) is 0 Å². The highest BCUT2D eigenvalue weighted by Gasteiger charge is 2.03. The first-order valence-electron chi connectivity index (χ1n) is 5.21. The van der Waals surface area contributed by atoms with Crippen molar-refractivity contribution in [3.63, 3.8) is 0 Å². The van der Waals surface area contributed by atoms with Crippen LogP contribution < -0.4 is 0 Å². The molecule has 0 aliphatic rings. The fraction of sp³-hybridized carbons (Fsp3) is 0.462. The van der Waals surface area contributed by atoms with E-state index >= 15 is 0 Å². The lowest BCUT2D eigenvalue weighted by Gasteiger charge is -2.10. The van der Waals surface area contributed by atoms with Gasteiger partial charge in [0.1, 0.15) is 6.29 Å². The summed E-state index contributed by atoms with van der Waals surface area (Å²) in [7, 11) is 0. The predicted octanol–water partition coefficient (Wildman–Crippen LogP) is 3.00. The Morgan fingerprint density at radius 3 is 2.57 bits per heavy atom. The lowest BCUT2D eigenvalue weighted by atomic mass is 9.96. The fourth-order valence-corrected chi connectivity index (χ4v) is 1.69. The van der Waals surface area contributed by atoms with Gasteiger partial charge in [-0.3, -0.25) is 0 Å². The molecule has 0 amide bonds. The second-order valence-corrected chi connectivity index (χ2v) is 3.76. The minimum Gasteiger partial charge on any atom is -0.303 e. The first kappa shape index (κ1) is 11.0. The molecule has 0 aromatic heterocycles. The van der Waals surface area contributed by atoms with Crippen molar-refractivity contribution in [1.82, 2.24) is 0 Å². The van der Waals surface area contributed by atoms with Gasteiger partial charge in [-0.15, -0.1) is 0 Å². The molecule has 0 unspecified atom stereocenters. The summed E-state index contributed by atoms with van der Waals surface area (Å²) in [5.74, 6) is 0. The molecule has 14 heavy (non-hydrogen) atoms. The smallest absolute Gasteiger partial charge is 0.120 e. The Morgan fingerprint density at radius 1 is 1.29 bits per heavy atom. The van der Waals surface area contributed by atoms with Crippen molar-refractivity contribution in [3.05, 3.63) is 34.4 Å². The van der Waals surface area contributed by atoms with Crippen LogP contribution in [0.1, 0.15) is 35.6 Å². The second kappa shape index (κ2) is 4.94. The first-order valence-corrected chi connectivity index (χ1v) is 5.21. The van der Waals surface area contributed by atoms with Gasteiger partial charge < -0.3 is 4.79 Å². The molecule has 0 saturated carbocycles. The van der Waals surface area contributed by atoms with Gasteiger partial charge in [0.05, 0.1) is 0 Å². The van der Waals surface area contributed by atoms with E-state index in [1.165, 1.54) is 22.3 Å². The van der Waals surface area contributed by atoms with Gasteiger partial charge in [-0.2, -0.15) is 0 Å². The summed E-state index contributed by atoms with van der Waals surface area (Å²) in [6.45, 7) is 6.43. The molecular weight excluding hydrogens is 172 g/mol. The molecule has 1 aromatic carbocycles. The van der Waals surface area contributed by atoms with Gasteiger partial charge in [-0.25, -0.2) is 0 Å². The number of carbonyl (C=O) groups excluding carboxylic acids is 1. The maximum absolute atomic E-state index is 10.3. The van der Waals surface area contributed by atoms with Crippen LogP contribution in [0.4, 0.5) is 0 Å². The van der Waals surface area contributed by atoms with Crippen LogP contribution in [0.5, 0.6) is 0 Å². The summed E-state index contributed by atoms with van der Waals surface area (Å²) in [6.07, 6.45) is 3.57. The molecule has 0 fully saturated rings. The van der Waals surface area contributed by atoms with Crippen LogP contribution >= 0.6 is 0 Å². The Labute approximate surface area is 86.1 Å². The number of hydrogen-bond acceptors (Lipinski definition) is 1. The summed E-state index contributed by atoms with van der Waals surface area (Å²) >= 11 is 0. The van der Waals surface area contributed by atoms with E-state index < -0.39 is 0 Å². The maximum Gasteiger partial charge on any atom is 0.120 e. The Hall–Kier alpha value is -1.11. The number of aryl methyl sites for hydroxylation is 3. The number of benzene rings is 1. The minimum atomic E-state index is 0.632. The van der Waals surface area contributed by atoms with Crippen molar-refractivity contribution in [1.29, 1.82) is 0 Å². The highest BCUT2D eigenvalue weighted by molar-refractivity contribution is 5.51. The third kappa shape index (κ3) is 2.44. The molecule has 0 N–H and O–H groups in total. The molecule has 1 aromatic rings. The molecule has 0 atom stereocenters. The third-order valence-electron chi connectivity index (χ3n) is 2.77. The van der Waals surface area contributed by atoms with E-state index in [-0.39, 0.29) is 0 Å². The summed E-state index contributed by atoms with van der Waals surface area (Å²) in [6, 6.07) is 4.46. The summed E-state index contributed by atoms with van der Waals surface area (Å²) in [5, 5.41) is 0. The molecule has 0 aliphatic carbocycles. The van der Waals surface area contributed by atoms with Crippen LogP contribution in [0.15, 0.2) is 12.1 Å². The number of carbonyl (C=O) groups is 1. The van der Waals surface area contributed by atoms with E-state index in [0.29, 0.717) is 6.42 Å². The van der Waals surface area contributed by atoms with Crippen molar-refractivity contribution >= 4 is 6.29 Å². The van der Waals surface area contributed by atoms with Crippen LogP contribution in [0.2, 0.25) is 0 Å². The predicted molar refractivity (Wildman–Crippen MR) is 59.7 cm³/mol. The number of rotatable bonds is 4. The van der Waals surface area contributed by atoms with Crippen LogP contribution in [0.25, 0.3) is 0 Å². The summed E-state index contributed by atoms with van der Waals surface area (Å²) in [4.78, 5) is 10.3. The molecule has 1 nitrogen and oxygen atoms in total. The third-order valence-corrected chi connectivity index (χ3v) is 2.77. The van der Waals surface area contributed by atoms with Crippen molar-refractivity contribution in [2.75, 3.05) is 0 Å². The highest BCUT2D eigenvalue weighted by atomic mass is 16.1. The van der Waals surface area contributed by atoms with Gasteiger partial charge in [-0.1, -0.05) is 19.1 Å². The van der Waals surface area contributed by atoms with Crippen LogP contribution in [-0.2, 0) is 17.6 Å². The molecule has 0 saturated heterocycles. The molecule has 76 valence electrons. The summed E-state index contributed by atoms with van der Waals surface area (Å²) in [5.41, 5.74) is 5.37. The van der Waals surface area contributed by atoms with Crippen molar-refractivity contribution in [2.24, 2.45) is 0 Å². The van der Waals surface area contributed by atoms with E-state index in [0.717, 1.165) is 19.1 Å². The summed E-state index contributed by atoms with van der Waals surface area (Å²) < 4.78 is 0. The zero-order valence-electron chi connectivity index (χ0n) is 9.26. The first-order chi connectivity index (χ1) is 6.69. The second-order valence-electron chi connectivity index (χ2n) is 3.76. The molecule has 0 spiro atoms. The zero-order valence-corrected chi connectivity index (χ0v) is 9.26. The lowest BCUT2D eigenvalue weighted by molar-refractivity contribution is -0.107. The van der Waals surface area contributed by atoms with Crippen molar-refractivity contribution in [2.45, 2.75) is 40.0 Å². The van der Waals surface area contributed by atoms with Gasteiger partial charge in [-0.05, 0) is 48.9 Å². The largest absolute Gasteiger partial charge is 0.303 e. The lowest BCUT2D eigenvalue weighted by Crippen LogP contribution is -1.96. The fourth-order valence-electron chi connectivity index (χ4n) is 1.69. The van der Waals surface area contributed by atoms with E-state index in [1.807, 2.05) is 0 Å². The molecule has 0 aliphatic heterocycles. The highest BCUT2D eigenvalue weighted by Crippen LogP contribution is 2.18. The van der Waals surface area contributed by atoms with E-state index in [4.69, 9.17) is 0 Å². The Kier molecular flexibility index (Phi) is 3.87. The van der Waals surface area contributed by atoms with E-state index in [9.17, 15) is 4.79 Å². The number of aldehydes is 1. The van der Waals surface area contributed by atoms with Crippen molar-refractivity contribution in [3.8, 4) is 0 Å². The van der Waals surface area contributed by atoms with Crippen LogP contribution in [0, 0.1) is 13.8 Å². The molecule has 0 radical (unpaired) electrons. The average molecular weight is 190 g/mol. The van der Waals surface area contributed by atoms with Crippen LogP contribution in [-0.4, -0.2) is 6.29 Å². The topological polar surface area (TPSA) is 17.1 Å². The van der Waals surface area contributed by atoms with E-state index in [1.54, 1.807) is 0 Å². The Bertz CT molecular complexity index is 326. The SMILES string of the molecule is CCc1cc(C)c(C)c(CCC=O)c1. The monoisotopic (exact) mass is 190 g/mol. The van der Waals surface area contributed by atoms with Crippen molar-refractivity contribution < 1.29 is 4.79 Å². The number of hydrogen-bond donors (Lipinski definition) is 0. The van der Waals surface area contributed by atoms with Gasteiger partial charge >= 0.3 is 0 Å². The molecular formula is C13H18O. The average Bonchev–Trinajstić information content (AvgIpc) is 2.20. The molecule has 0 bridgehead atoms. The Balaban J connectivity index is 3.00.